The van der Waals surface area contributed by atoms with Gasteiger partial charge in [0.05, 0.1) is 22.9 Å². The number of nitrogens with zero attached hydrogens (tertiary/aromatic N) is 1. The summed E-state index contributed by atoms with van der Waals surface area (Å²) in [7, 11) is 0. The molecule has 0 fully saturated rings. The molecule has 3 aromatic rings. The van der Waals surface area contributed by atoms with Crippen molar-refractivity contribution in [3.05, 3.63) is 62.5 Å². The number of aryl methyl sites for hydroxylation is 2. The lowest BCUT2D eigenvalue weighted by molar-refractivity contribution is -0.119. The summed E-state index contributed by atoms with van der Waals surface area (Å²) in [5.74, 6) is 1.39. The van der Waals surface area contributed by atoms with Crippen LogP contribution in [0.25, 0.3) is 10.2 Å². The van der Waals surface area contributed by atoms with Gasteiger partial charge in [-0.15, -0.1) is 23.1 Å². The van der Waals surface area contributed by atoms with Gasteiger partial charge in [0.1, 0.15) is 10.7 Å². The number of aromatic amines is 1. The van der Waals surface area contributed by atoms with E-state index in [9.17, 15) is 9.59 Å². The number of carbonyl (C=O) groups is 1. The van der Waals surface area contributed by atoms with E-state index in [-0.39, 0.29) is 17.5 Å². The van der Waals surface area contributed by atoms with Gasteiger partial charge >= 0.3 is 0 Å². The van der Waals surface area contributed by atoms with Crippen LogP contribution in [-0.2, 0) is 10.5 Å². The molecule has 1 amide bonds. The first-order valence-corrected chi connectivity index (χ1v) is 10.3. The highest BCUT2D eigenvalue weighted by molar-refractivity contribution is 7.99. The van der Waals surface area contributed by atoms with Crippen LogP contribution in [-0.4, -0.2) is 21.6 Å². The molecule has 7 heteroatoms. The standard InChI is InChI=1S/C19H21N3O2S2/c1-11-13(3)26-19-17(11)18(24)21-15(22-19)9-25-10-16(23)20-12(2)14-7-5-4-6-8-14/h4-8,12H,9-10H2,1-3H3,(H,20,23)(H,21,22,24)/t12-/m0/s1. The third kappa shape index (κ3) is 4.16. The summed E-state index contributed by atoms with van der Waals surface area (Å²) in [5.41, 5.74) is 1.97. The molecule has 3 rings (SSSR count). The van der Waals surface area contributed by atoms with E-state index >= 15 is 0 Å². The normalized spacial score (nSPS) is 12.3. The Morgan fingerprint density at radius 3 is 2.77 bits per heavy atom. The van der Waals surface area contributed by atoms with Crippen molar-refractivity contribution in [3.63, 3.8) is 0 Å². The molecule has 0 radical (unpaired) electrons. The van der Waals surface area contributed by atoms with Crippen LogP contribution < -0.4 is 10.9 Å². The molecule has 2 heterocycles. The van der Waals surface area contributed by atoms with Crippen molar-refractivity contribution in [1.29, 1.82) is 0 Å². The van der Waals surface area contributed by atoms with E-state index in [4.69, 9.17) is 0 Å². The van der Waals surface area contributed by atoms with Gasteiger partial charge < -0.3 is 10.3 Å². The molecule has 0 saturated carbocycles. The molecule has 1 aromatic carbocycles. The summed E-state index contributed by atoms with van der Waals surface area (Å²) >= 11 is 2.97. The molecule has 1 atom stereocenters. The molecule has 0 saturated heterocycles. The van der Waals surface area contributed by atoms with E-state index in [0.29, 0.717) is 22.7 Å². The van der Waals surface area contributed by atoms with Crippen molar-refractivity contribution in [2.45, 2.75) is 32.6 Å². The summed E-state index contributed by atoms with van der Waals surface area (Å²) < 4.78 is 0. The van der Waals surface area contributed by atoms with Gasteiger partial charge in [0.2, 0.25) is 5.91 Å². The van der Waals surface area contributed by atoms with E-state index in [1.165, 1.54) is 23.1 Å². The maximum absolute atomic E-state index is 12.3. The Bertz CT molecular complexity index is 980. The van der Waals surface area contributed by atoms with E-state index in [1.807, 2.05) is 51.1 Å². The van der Waals surface area contributed by atoms with Gasteiger partial charge in [-0.3, -0.25) is 9.59 Å². The molecule has 0 spiro atoms. The van der Waals surface area contributed by atoms with E-state index in [0.717, 1.165) is 20.8 Å². The van der Waals surface area contributed by atoms with Crippen LogP contribution in [0.1, 0.15) is 34.8 Å². The molecular formula is C19H21N3O2S2. The maximum Gasteiger partial charge on any atom is 0.259 e. The van der Waals surface area contributed by atoms with E-state index in [2.05, 4.69) is 15.3 Å². The minimum absolute atomic E-state index is 0.0300. The topological polar surface area (TPSA) is 74.8 Å². The van der Waals surface area contributed by atoms with Crippen LogP contribution >= 0.6 is 23.1 Å². The molecule has 5 nitrogen and oxygen atoms in total. The number of nitrogens with one attached hydrogen (secondary N) is 2. The quantitative estimate of drug-likeness (QED) is 0.676. The Kier molecular flexibility index (Phi) is 5.78. The highest BCUT2D eigenvalue weighted by Gasteiger charge is 2.13. The fraction of sp³-hybridized carbons (Fsp3) is 0.316. The number of hydrogen-bond acceptors (Lipinski definition) is 5. The lowest BCUT2D eigenvalue weighted by atomic mass is 10.1. The predicted octanol–water partition coefficient (Wildman–Crippen LogP) is 3.71. The first-order valence-electron chi connectivity index (χ1n) is 8.36. The highest BCUT2D eigenvalue weighted by Crippen LogP contribution is 2.26. The number of aromatic nitrogens is 2. The number of hydrogen-bond donors (Lipinski definition) is 2. The number of fused-ring (bicyclic) bond motifs is 1. The first kappa shape index (κ1) is 18.7. The minimum atomic E-state index is -0.102. The number of amides is 1. The Hall–Kier alpha value is -2.12. The van der Waals surface area contributed by atoms with E-state index in [1.54, 1.807) is 0 Å². The zero-order valence-corrected chi connectivity index (χ0v) is 16.6. The lowest BCUT2D eigenvalue weighted by Crippen LogP contribution is -2.28. The van der Waals surface area contributed by atoms with Gasteiger partial charge in [-0.25, -0.2) is 4.98 Å². The maximum atomic E-state index is 12.3. The second-order valence-electron chi connectivity index (χ2n) is 6.17. The minimum Gasteiger partial charge on any atom is -0.349 e. The van der Waals surface area contributed by atoms with Crippen molar-refractivity contribution in [2.24, 2.45) is 0 Å². The van der Waals surface area contributed by atoms with Gasteiger partial charge in [-0.05, 0) is 31.9 Å². The van der Waals surface area contributed by atoms with Gasteiger partial charge in [0, 0.05) is 4.88 Å². The Balaban J connectivity index is 1.57. The average molecular weight is 388 g/mol. The fourth-order valence-corrected chi connectivity index (χ4v) is 4.47. The van der Waals surface area contributed by atoms with Gasteiger partial charge in [0.25, 0.3) is 5.56 Å². The number of benzene rings is 1. The summed E-state index contributed by atoms with van der Waals surface area (Å²) in [6, 6.07) is 9.82. The van der Waals surface area contributed by atoms with Crippen LogP contribution in [0.5, 0.6) is 0 Å². The molecule has 26 heavy (non-hydrogen) atoms. The van der Waals surface area contributed by atoms with Crippen molar-refractivity contribution < 1.29 is 4.79 Å². The summed E-state index contributed by atoms with van der Waals surface area (Å²) in [6.07, 6.45) is 0. The van der Waals surface area contributed by atoms with Gasteiger partial charge in [-0.2, -0.15) is 0 Å². The largest absolute Gasteiger partial charge is 0.349 e. The molecule has 0 bridgehead atoms. The van der Waals surface area contributed by atoms with Crippen LogP contribution in [0.3, 0.4) is 0 Å². The predicted molar refractivity (Wildman–Crippen MR) is 109 cm³/mol. The van der Waals surface area contributed by atoms with Crippen molar-refractivity contribution in [1.82, 2.24) is 15.3 Å². The third-order valence-corrected chi connectivity index (χ3v) is 6.28. The van der Waals surface area contributed by atoms with Crippen molar-refractivity contribution in [2.75, 3.05) is 5.75 Å². The lowest BCUT2D eigenvalue weighted by Gasteiger charge is -2.14. The molecule has 0 aliphatic heterocycles. The van der Waals surface area contributed by atoms with Crippen LogP contribution in [0.15, 0.2) is 35.1 Å². The molecule has 0 aliphatic carbocycles. The van der Waals surface area contributed by atoms with Crippen molar-refractivity contribution in [3.8, 4) is 0 Å². The summed E-state index contributed by atoms with van der Waals surface area (Å²) in [5, 5.41) is 3.66. The number of thioether (sulfide) groups is 1. The van der Waals surface area contributed by atoms with Crippen LogP contribution in [0, 0.1) is 13.8 Å². The second-order valence-corrected chi connectivity index (χ2v) is 8.36. The first-order chi connectivity index (χ1) is 12.5. The zero-order chi connectivity index (χ0) is 18.7. The van der Waals surface area contributed by atoms with Crippen molar-refractivity contribution >= 4 is 39.2 Å². The Morgan fingerprint density at radius 2 is 2.04 bits per heavy atom. The average Bonchev–Trinajstić information content (AvgIpc) is 2.90. The highest BCUT2D eigenvalue weighted by atomic mass is 32.2. The number of carbonyl (C=O) groups excluding carboxylic acids is 1. The number of thiophene rings is 1. The SMILES string of the molecule is Cc1sc2nc(CSCC(=O)N[C@@H](C)c3ccccc3)[nH]c(=O)c2c1C. The Labute approximate surface area is 160 Å². The van der Waals surface area contributed by atoms with Crippen LogP contribution in [0.2, 0.25) is 0 Å². The molecule has 2 N–H and O–H groups in total. The number of H-pyrrole nitrogens is 1. The summed E-state index contributed by atoms with van der Waals surface area (Å²) in [4.78, 5) is 33.6. The Morgan fingerprint density at radius 1 is 1.31 bits per heavy atom. The summed E-state index contributed by atoms with van der Waals surface area (Å²) in [6.45, 7) is 5.90. The molecule has 2 aromatic heterocycles. The smallest absolute Gasteiger partial charge is 0.259 e. The van der Waals surface area contributed by atoms with Gasteiger partial charge in [0.15, 0.2) is 0 Å². The van der Waals surface area contributed by atoms with E-state index < -0.39 is 0 Å². The number of rotatable bonds is 6. The molecule has 0 unspecified atom stereocenters. The molecule has 0 aliphatic rings. The zero-order valence-electron chi connectivity index (χ0n) is 15.0. The fourth-order valence-electron chi connectivity index (χ4n) is 2.72. The molecule has 136 valence electrons. The van der Waals surface area contributed by atoms with Crippen LogP contribution in [0.4, 0.5) is 0 Å². The monoisotopic (exact) mass is 387 g/mol. The molecular weight excluding hydrogens is 366 g/mol. The van der Waals surface area contributed by atoms with Gasteiger partial charge in [-0.1, -0.05) is 30.3 Å². The second kappa shape index (κ2) is 8.05. The third-order valence-electron chi connectivity index (χ3n) is 4.24.